The molecule has 1 unspecified atom stereocenters. The van der Waals surface area contributed by atoms with E-state index in [2.05, 4.69) is 10.2 Å². The first-order chi connectivity index (χ1) is 9.42. The van der Waals surface area contributed by atoms with E-state index in [0.29, 0.717) is 0 Å². The van der Waals surface area contributed by atoms with Crippen LogP contribution < -0.4 is 11.3 Å². The largest absolute Gasteiger partial charge is 0.466 e. The first kappa shape index (κ1) is 14.5. The maximum absolute atomic E-state index is 12.1. The molecule has 1 aromatic rings. The van der Waals surface area contributed by atoms with Crippen molar-refractivity contribution in [2.24, 2.45) is 5.18 Å². The summed E-state index contributed by atoms with van der Waals surface area (Å²) in [6.07, 6.45) is -0.426. The van der Waals surface area contributed by atoms with Gasteiger partial charge in [-0.05, 0) is 12.1 Å². The lowest BCUT2D eigenvalue weighted by Crippen LogP contribution is -2.42. The van der Waals surface area contributed by atoms with Crippen molar-refractivity contribution < 1.29 is 14.6 Å². The Bertz CT molecular complexity index is 631. The topological polar surface area (TPSA) is 137 Å². The van der Waals surface area contributed by atoms with E-state index in [1.807, 2.05) is 0 Å². The summed E-state index contributed by atoms with van der Waals surface area (Å²) in [6, 6.07) is 0. The average Bonchev–Trinajstić information content (AvgIpc) is 2.67. The van der Waals surface area contributed by atoms with Gasteiger partial charge in [0.1, 0.15) is 0 Å². The van der Waals surface area contributed by atoms with Gasteiger partial charge in [-0.15, -0.1) is 4.91 Å². The summed E-state index contributed by atoms with van der Waals surface area (Å²) in [7, 11) is 0. The van der Waals surface area contributed by atoms with Crippen molar-refractivity contribution in [3.05, 3.63) is 15.3 Å². The lowest BCUT2D eigenvalue weighted by molar-refractivity contribution is -0.152. The molecule has 0 fully saturated rings. The first-order valence-corrected chi connectivity index (χ1v) is 6.68. The number of nitrogen functional groups attached to an aromatic ring is 1. The number of nitrogens with zero attached hydrogens (tertiary/aromatic N) is 3. The van der Waals surface area contributed by atoms with E-state index in [0.717, 1.165) is 16.3 Å². The number of aliphatic hydroxyl groups is 1. The standard InChI is InChI=1S/C10H12N4O5S/c1-2-19-5(15)3-10(17)4-20-9-12-7(11)6(13-18)8(16)14(9)10/h17H,2-4,11H2,1H3. The summed E-state index contributed by atoms with van der Waals surface area (Å²) < 4.78 is 5.61. The van der Waals surface area contributed by atoms with Crippen molar-refractivity contribution in [3.63, 3.8) is 0 Å². The number of hydrogen-bond acceptors (Lipinski definition) is 9. The summed E-state index contributed by atoms with van der Waals surface area (Å²) in [4.78, 5) is 38.1. The number of esters is 1. The molecule has 1 aliphatic rings. The third kappa shape index (κ3) is 2.27. The smallest absolute Gasteiger partial charge is 0.310 e. The molecule has 108 valence electrons. The van der Waals surface area contributed by atoms with Gasteiger partial charge < -0.3 is 15.6 Å². The van der Waals surface area contributed by atoms with Gasteiger partial charge in [-0.3, -0.25) is 14.2 Å². The molecule has 0 spiro atoms. The van der Waals surface area contributed by atoms with E-state index in [-0.39, 0.29) is 23.3 Å². The van der Waals surface area contributed by atoms with Crippen LogP contribution in [0.5, 0.6) is 0 Å². The summed E-state index contributed by atoms with van der Waals surface area (Å²) >= 11 is 1.05. The molecule has 20 heavy (non-hydrogen) atoms. The number of carbonyl (C=O) groups is 1. The molecule has 0 amide bonds. The number of fused-ring (bicyclic) bond motifs is 1. The number of thioether (sulfide) groups is 1. The van der Waals surface area contributed by atoms with E-state index in [1.54, 1.807) is 6.92 Å². The Hall–Kier alpha value is -1.94. The predicted octanol–water partition coefficient (Wildman–Crippen LogP) is -0.0726. The molecular weight excluding hydrogens is 288 g/mol. The quantitative estimate of drug-likeness (QED) is 0.447. The van der Waals surface area contributed by atoms with Crippen LogP contribution in [-0.4, -0.2) is 33.0 Å². The third-order valence-electron chi connectivity index (χ3n) is 2.73. The van der Waals surface area contributed by atoms with Crippen molar-refractivity contribution in [1.29, 1.82) is 0 Å². The number of nitrogens with two attached hydrogens (primary N) is 1. The van der Waals surface area contributed by atoms with Gasteiger partial charge in [-0.1, -0.05) is 11.8 Å². The number of hydrogen-bond donors (Lipinski definition) is 2. The second-order valence-corrected chi connectivity index (χ2v) is 5.06. The Morgan fingerprint density at radius 3 is 3.00 bits per heavy atom. The van der Waals surface area contributed by atoms with Gasteiger partial charge >= 0.3 is 5.97 Å². The summed E-state index contributed by atoms with van der Waals surface area (Å²) in [5.74, 6) is -0.938. The molecule has 0 saturated heterocycles. The molecule has 10 heteroatoms. The van der Waals surface area contributed by atoms with Crippen molar-refractivity contribution >= 4 is 29.2 Å². The maximum Gasteiger partial charge on any atom is 0.310 e. The minimum atomic E-state index is -1.80. The van der Waals surface area contributed by atoms with Crippen molar-refractivity contribution in [1.82, 2.24) is 9.55 Å². The first-order valence-electron chi connectivity index (χ1n) is 5.70. The predicted molar refractivity (Wildman–Crippen MR) is 70.5 cm³/mol. The molecule has 1 aliphatic heterocycles. The van der Waals surface area contributed by atoms with Crippen LogP contribution in [-0.2, 0) is 15.3 Å². The van der Waals surface area contributed by atoms with Gasteiger partial charge in [0.25, 0.3) is 5.56 Å². The number of nitroso groups, excluding NO2 is 1. The van der Waals surface area contributed by atoms with E-state index in [9.17, 15) is 19.6 Å². The van der Waals surface area contributed by atoms with Crippen molar-refractivity contribution in [3.8, 4) is 0 Å². The van der Waals surface area contributed by atoms with Crippen LogP contribution in [0, 0.1) is 4.91 Å². The number of ether oxygens (including phenoxy) is 1. The average molecular weight is 300 g/mol. The van der Waals surface area contributed by atoms with E-state index in [1.165, 1.54) is 0 Å². The number of carbonyl (C=O) groups excluding carboxylic acids is 1. The lowest BCUT2D eigenvalue weighted by atomic mass is 10.1. The van der Waals surface area contributed by atoms with Gasteiger partial charge in [-0.2, -0.15) is 0 Å². The summed E-state index contributed by atoms with van der Waals surface area (Å²) in [5.41, 5.74) is 2.18. The lowest BCUT2D eigenvalue weighted by Gasteiger charge is -2.23. The third-order valence-corrected chi connectivity index (χ3v) is 3.87. The van der Waals surface area contributed by atoms with Crippen LogP contribution in [0.15, 0.2) is 15.1 Å². The molecule has 0 saturated carbocycles. The highest BCUT2D eigenvalue weighted by Crippen LogP contribution is 2.37. The highest BCUT2D eigenvalue weighted by atomic mass is 32.2. The molecule has 0 aliphatic carbocycles. The Kier molecular flexibility index (Phi) is 3.77. The van der Waals surface area contributed by atoms with Crippen molar-refractivity contribution in [2.75, 3.05) is 18.1 Å². The van der Waals surface area contributed by atoms with E-state index in [4.69, 9.17) is 10.5 Å². The zero-order valence-corrected chi connectivity index (χ0v) is 11.3. The molecule has 0 aromatic carbocycles. The molecule has 3 N–H and O–H groups in total. The fraction of sp³-hybridized carbons (Fsp3) is 0.500. The van der Waals surface area contributed by atoms with Gasteiger partial charge in [-0.25, -0.2) is 4.98 Å². The van der Waals surface area contributed by atoms with Gasteiger partial charge in [0.15, 0.2) is 16.7 Å². The molecule has 2 heterocycles. The van der Waals surface area contributed by atoms with E-state index < -0.39 is 29.4 Å². The maximum atomic E-state index is 12.1. The number of anilines is 1. The second-order valence-electron chi connectivity index (χ2n) is 4.11. The Morgan fingerprint density at radius 1 is 1.70 bits per heavy atom. The Labute approximate surface area is 117 Å². The second kappa shape index (κ2) is 5.21. The molecular formula is C10H12N4O5S. The zero-order chi connectivity index (χ0) is 14.9. The van der Waals surface area contributed by atoms with E-state index >= 15 is 0 Å². The fourth-order valence-electron chi connectivity index (χ4n) is 1.88. The molecule has 0 bridgehead atoms. The van der Waals surface area contributed by atoms with Gasteiger partial charge in [0.2, 0.25) is 5.69 Å². The summed E-state index contributed by atoms with van der Waals surface area (Å²) in [6.45, 7) is 1.78. The van der Waals surface area contributed by atoms with Crippen LogP contribution in [0.3, 0.4) is 0 Å². The molecule has 1 atom stereocenters. The Morgan fingerprint density at radius 2 is 2.40 bits per heavy atom. The monoisotopic (exact) mass is 300 g/mol. The fourth-order valence-corrected chi connectivity index (χ4v) is 3.01. The molecule has 2 rings (SSSR count). The SMILES string of the molecule is CCOC(=O)CC1(O)CSc2nc(N)c(N=O)c(=O)n21. The highest BCUT2D eigenvalue weighted by Gasteiger charge is 2.42. The van der Waals surface area contributed by atoms with Crippen molar-refractivity contribution in [2.45, 2.75) is 24.2 Å². The van der Waals surface area contributed by atoms with Gasteiger partial charge in [0.05, 0.1) is 18.8 Å². The van der Waals surface area contributed by atoms with Crippen LogP contribution >= 0.6 is 11.8 Å². The van der Waals surface area contributed by atoms with Gasteiger partial charge in [0, 0.05) is 0 Å². The highest BCUT2D eigenvalue weighted by molar-refractivity contribution is 7.99. The zero-order valence-electron chi connectivity index (χ0n) is 10.5. The van der Waals surface area contributed by atoms with Crippen LogP contribution in [0.2, 0.25) is 0 Å². The molecule has 0 radical (unpaired) electrons. The summed E-state index contributed by atoms with van der Waals surface area (Å²) in [5, 5.41) is 13.1. The van der Waals surface area contributed by atoms with Crippen LogP contribution in [0.4, 0.5) is 11.5 Å². The van der Waals surface area contributed by atoms with Crippen LogP contribution in [0.1, 0.15) is 13.3 Å². The minimum absolute atomic E-state index is 0.0236. The molecule has 1 aromatic heterocycles. The minimum Gasteiger partial charge on any atom is -0.466 e. The van der Waals surface area contributed by atoms with Crippen LogP contribution in [0.25, 0.3) is 0 Å². The number of rotatable bonds is 4. The number of aromatic nitrogens is 2. The normalized spacial score (nSPS) is 20.5. The molecule has 9 nitrogen and oxygen atoms in total. The Balaban J connectivity index is 2.48.